The van der Waals surface area contributed by atoms with Crippen molar-refractivity contribution in [1.29, 1.82) is 0 Å². The smallest absolute Gasteiger partial charge is 0.262 e. The van der Waals surface area contributed by atoms with Crippen molar-refractivity contribution >= 4 is 40.5 Å². The van der Waals surface area contributed by atoms with E-state index in [1.54, 1.807) is 25.3 Å². The van der Waals surface area contributed by atoms with Crippen LogP contribution in [0.5, 0.6) is 11.5 Å². The van der Waals surface area contributed by atoms with Gasteiger partial charge in [-0.3, -0.25) is 4.79 Å². The molecule has 0 aromatic heterocycles. The lowest BCUT2D eigenvalue weighted by Crippen LogP contribution is -2.20. The third kappa shape index (κ3) is 6.05. The Morgan fingerprint density at radius 1 is 0.967 bits per heavy atom. The Bertz CT molecular complexity index is 1040. The van der Waals surface area contributed by atoms with Gasteiger partial charge in [-0.2, -0.15) is 0 Å². The number of methoxy groups -OCH3 is 1. The molecule has 3 rings (SSSR count). The number of benzene rings is 3. The number of amides is 1. The first-order valence-electron chi connectivity index (χ1n) is 9.30. The maximum absolute atomic E-state index is 12.2. The summed E-state index contributed by atoms with van der Waals surface area (Å²) in [5.74, 6) is 0.747. The lowest BCUT2D eigenvalue weighted by Gasteiger charge is -2.13. The van der Waals surface area contributed by atoms with Crippen molar-refractivity contribution in [3.05, 3.63) is 81.8 Å². The molecule has 1 amide bonds. The summed E-state index contributed by atoms with van der Waals surface area (Å²) in [7, 11) is 1.56. The number of aryl methyl sites for hydroxylation is 1. The van der Waals surface area contributed by atoms with E-state index in [2.05, 4.69) is 10.6 Å². The number of hydrogen-bond acceptors (Lipinski definition) is 4. The second-order valence-electron chi connectivity index (χ2n) is 6.65. The van der Waals surface area contributed by atoms with Crippen molar-refractivity contribution < 1.29 is 14.3 Å². The number of halogens is 2. The molecule has 7 heteroatoms. The van der Waals surface area contributed by atoms with Crippen LogP contribution in [-0.4, -0.2) is 19.6 Å². The van der Waals surface area contributed by atoms with Gasteiger partial charge in [0, 0.05) is 28.0 Å². The Morgan fingerprint density at radius 2 is 1.80 bits per heavy atom. The first kappa shape index (κ1) is 21.8. The monoisotopic (exact) mass is 444 g/mol. The summed E-state index contributed by atoms with van der Waals surface area (Å²) in [6.45, 7) is 2.34. The first-order valence-corrected chi connectivity index (χ1v) is 10.1. The van der Waals surface area contributed by atoms with Crippen LogP contribution in [0.1, 0.15) is 11.1 Å². The van der Waals surface area contributed by atoms with Crippen LogP contribution < -0.4 is 20.1 Å². The molecule has 0 heterocycles. The predicted molar refractivity (Wildman–Crippen MR) is 122 cm³/mol. The molecule has 0 saturated heterocycles. The average molecular weight is 445 g/mol. The molecule has 0 aliphatic heterocycles. The molecule has 5 nitrogen and oxygen atoms in total. The summed E-state index contributed by atoms with van der Waals surface area (Å²) >= 11 is 12.1. The van der Waals surface area contributed by atoms with Crippen molar-refractivity contribution in [1.82, 2.24) is 0 Å². The zero-order chi connectivity index (χ0) is 21.5. The summed E-state index contributed by atoms with van der Waals surface area (Å²) in [5.41, 5.74) is 3.49. The van der Waals surface area contributed by atoms with E-state index in [4.69, 9.17) is 32.7 Å². The highest BCUT2D eigenvalue weighted by Gasteiger charge is 2.10. The van der Waals surface area contributed by atoms with Crippen molar-refractivity contribution in [2.45, 2.75) is 13.5 Å². The Labute approximate surface area is 185 Å². The molecule has 0 saturated carbocycles. The van der Waals surface area contributed by atoms with Crippen molar-refractivity contribution in [2.75, 3.05) is 24.4 Å². The van der Waals surface area contributed by atoms with Gasteiger partial charge in [0.05, 0.1) is 7.11 Å². The van der Waals surface area contributed by atoms with Gasteiger partial charge in [-0.05, 0) is 60.5 Å². The summed E-state index contributed by atoms with van der Waals surface area (Å²) < 4.78 is 11.1. The minimum absolute atomic E-state index is 0.151. The molecule has 0 aliphatic carbocycles. The van der Waals surface area contributed by atoms with E-state index in [0.29, 0.717) is 33.8 Å². The summed E-state index contributed by atoms with van der Waals surface area (Å²) in [4.78, 5) is 12.2. The van der Waals surface area contributed by atoms with Gasteiger partial charge in [0.2, 0.25) is 0 Å². The van der Waals surface area contributed by atoms with Gasteiger partial charge in [-0.1, -0.05) is 41.4 Å². The van der Waals surface area contributed by atoms with E-state index in [0.717, 1.165) is 16.8 Å². The van der Waals surface area contributed by atoms with Crippen molar-refractivity contribution in [3.8, 4) is 11.5 Å². The summed E-state index contributed by atoms with van der Waals surface area (Å²) in [6.07, 6.45) is 0. The second kappa shape index (κ2) is 10.2. The molecule has 0 spiro atoms. The van der Waals surface area contributed by atoms with E-state index in [1.165, 1.54) is 0 Å². The first-order chi connectivity index (χ1) is 14.4. The Morgan fingerprint density at radius 3 is 2.53 bits per heavy atom. The van der Waals surface area contributed by atoms with Crippen molar-refractivity contribution in [2.24, 2.45) is 0 Å². The second-order valence-corrected chi connectivity index (χ2v) is 7.49. The molecule has 2 N–H and O–H groups in total. The van der Waals surface area contributed by atoms with E-state index in [-0.39, 0.29) is 12.5 Å². The molecule has 0 aliphatic rings. The number of anilines is 2. The Hall–Kier alpha value is -2.89. The number of ether oxygens (including phenoxy) is 2. The van der Waals surface area contributed by atoms with E-state index in [1.807, 2.05) is 49.4 Å². The fourth-order valence-electron chi connectivity index (χ4n) is 2.75. The lowest BCUT2D eigenvalue weighted by molar-refractivity contribution is -0.118. The van der Waals surface area contributed by atoms with E-state index in [9.17, 15) is 4.79 Å². The van der Waals surface area contributed by atoms with Gasteiger partial charge in [0.1, 0.15) is 0 Å². The zero-order valence-electron chi connectivity index (χ0n) is 16.7. The third-order valence-electron chi connectivity index (χ3n) is 4.36. The number of carbonyl (C=O) groups is 1. The molecule has 3 aromatic rings. The highest BCUT2D eigenvalue weighted by molar-refractivity contribution is 6.31. The minimum atomic E-state index is -0.288. The van der Waals surface area contributed by atoms with Crippen LogP contribution in [0.4, 0.5) is 11.4 Å². The van der Waals surface area contributed by atoms with Crippen LogP contribution in [0.25, 0.3) is 0 Å². The molecule has 0 unspecified atom stereocenters. The van der Waals surface area contributed by atoms with Crippen LogP contribution in [0.2, 0.25) is 10.0 Å². The maximum Gasteiger partial charge on any atom is 0.262 e. The predicted octanol–water partition coefficient (Wildman–Crippen LogP) is 5.94. The molecule has 0 bridgehead atoms. The van der Waals surface area contributed by atoms with Crippen LogP contribution in [0.3, 0.4) is 0 Å². The van der Waals surface area contributed by atoms with Gasteiger partial charge in [-0.25, -0.2) is 0 Å². The van der Waals surface area contributed by atoms with Gasteiger partial charge in [0.15, 0.2) is 18.1 Å². The van der Waals surface area contributed by atoms with E-state index >= 15 is 0 Å². The number of hydrogen-bond donors (Lipinski definition) is 2. The average Bonchev–Trinajstić information content (AvgIpc) is 2.73. The SMILES string of the molecule is COc1cc(CNc2cccc(Cl)c2)ccc1OCC(=O)Nc1ccc(C)c(Cl)c1. The van der Waals surface area contributed by atoms with Gasteiger partial charge in [-0.15, -0.1) is 0 Å². The quantitative estimate of drug-likeness (QED) is 0.451. The lowest BCUT2D eigenvalue weighted by atomic mass is 10.2. The molecular weight excluding hydrogens is 423 g/mol. The number of nitrogens with one attached hydrogen (secondary N) is 2. The largest absolute Gasteiger partial charge is 0.493 e. The number of rotatable bonds is 8. The Kier molecular flexibility index (Phi) is 7.44. The highest BCUT2D eigenvalue weighted by Crippen LogP contribution is 2.29. The van der Waals surface area contributed by atoms with Gasteiger partial charge < -0.3 is 20.1 Å². The molecule has 3 aromatic carbocycles. The molecule has 0 radical (unpaired) electrons. The van der Waals surface area contributed by atoms with Crippen LogP contribution in [0, 0.1) is 6.92 Å². The minimum Gasteiger partial charge on any atom is -0.493 e. The molecule has 0 fully saturated rings. The fourth-order valence-corrected chi connectivity index (χ4v) is 3.13. The standard InChI is InChI=1S/C23H22Cl2N2O3/c1-15-6-8-19(12-20(15)25)27-23(28)14-30-21-9-7-16(10-22(21)29-2)13-26-18-5-3-4-17(24)11-18/h3-12,26H,13-14H2,1-2H3,(H,27,28). The van der Waals surface area contributed by atoms with Crippen LogP contribution >= 0.6 is 23.2 Å². The number of carbonyl (C=O) groups excluding carboxylic acids is 1. The normalized spacial score (nSPS) is 10.4. The topological polar surface area (TPSA) is 59.6 Å². The highest BCUT2D eigenvalue weighted by atomic mass is 35.5. The zero-order valence-corrected chi connectivity index (χ0v) is 18.2. The molecule has 30 heavy (non-hydrogen) atoms. The Balaban J connectivity index is 1.57. The molecular formula is C23H22Cl2N2O3. The maximum atomic E-state index is 12.2. The van der Waals surface area contributed by atoms with Crippen LogP contribution in [-0.2, 0) is 11.3 Å². The van der Waals surface area contributed by atoms with Crippen LogP contribution in [0.15, 0.2) is 60.7 Å². The van der Waals surface area contributed by atoms with Gasteiger partial charge in [0.25, 0.3) is 5.91 Å². The molecule has 0 atom stereocenters. The third-order valence-corrected chi connectivity index (χ3v) is 5.01. The van der Waals surface area contributed by atoms with E-state index < -0.39 is 0 Å². The molecule has 156 valence electrons. The fraction of sp³-hybridized carbons (Fsp3) is 0.174. The van der Waals surface area contributed by atoms with Crippen molar-refractivity contribution in [3.63, 3.8) is 0 Å². The summed E-state index contributed by atoms with van der Waals surface area (Å²) in [5, 5.41) is 7.33. The summed E-state index contributed by atoms with van der Waals surface area (Å²) in [6, 6.07) is 18.4. The van der Waals surface area contributed by atoms with Gasteiger partial charge >= 0.3 is 0 Å².